The van der Waals surface area contributed by atoms with E-state index in [0.29, 0.717) is 24.4 Å². The predicted octanol–water partition coefficient (Wildman–Crippen LogP) is 1.26. The van der Waals surface area contributed by atoms with Crippen LogP contribution in [0.3, 0.4) is 0 Å². The molecule has 0 saturated heterocycles. The highest BCUT2D eigenvalue weighted by Crippen LogP contribution is 2.14. The average molecular weight is 418 g/mol. The molecule has 2 N–H and O–H groups in total. The van der Waals surface area contributed by atoms with Crippen LogP contribution >= 0.6 is 0 Å². The maximum absolute atomic E-state index is 13.3. The van der Waals surface area contributed by atoms with Gasteiger partial charge in [-0.2, -0.15) is 0 Å². The monoisotopic (exact) mass is 418 g/mol. The summed E-state index contributed by atoms with van der Waals surface area (Å²) in [5.41, 5.74) is 2.29. The third kappa shape index (κ3) is 3.82. The minimum absolute atomic E-state index is 0.0314. The van der Waals surface area contributed by atoms with Crippen molar-refractivity contribution in [1.29, 1.82) is 5.41 Å². The van der Waals surface area contributed by atoms with Crippen LogP contribution < -0.4 is 16.4 Å². The van der Waals surface area contributed by atoms with E-state index in [1.54, 1.807) is 42.4 Å². The molecule has 0 fully saturated rings. The molecule has 0 saturated carbocycles. The Morgan fingerprint density at radius 1 is 1.26 bits per heavy atom. The standard InChI is InChI=1S/C22H22N6O3/c1-14-5-4-9-27-19(14)26-20-17(22(27)30)11-16(21(29)25-8-10-31-2)18(23)28(20)13-15-6-3-7-24-12-15/h3-7,9,11-12,23H,8,10,13H2,1-2H3,(H,25,29). The van der Waals surface area contributed by atoms with Gasteiger partial charge in [-0.1, -0.05) is 12.1 Å². The van der Waals surface area contributed by atoms with Gasteiger partial charge in [0, 0.05) is 32.2 Å². The van der Waals surface area contributed by atoms with Crippen molar-refractivity contribution >= 4 is 22.6 Å². The number of ether oxygens (including phenoxy) is 1. The van der Waals surface area contributed by atoms with E-state index >= 15 is 0 Å². The Hall–Kier alpha value is -3.85. The second-order valence-corrected chi connectivity index (χ2v) is 7.14. The highest BCUT2D eigenvalue weighted by Gasteiger charge is 2.18. The van der Waals surface area contributed by atoms with Crippen molar-refractivity contribution in [2.24, 2.45) is 0 Å². The number of fused-ring (bicyclic) bond motifs is 2. The van der Waals surface area contributed by atoms with E-state index in [4.69, 9.17) is 15.1 Å². The summed E-state index contributed by atoms with van der Waals surface area (Å²) in [6.07, 6.45) is 4.99. The highest BCUT2D eigenvalue weighted by molar-refractivity contribution is 5.96. The first-order valence-corrected chi connectivity index (χ1v) is 9.77. The maximum Gasteiger partial charge on any atom is 0.267 e. The molecule has 4 aromatic rings. The van der Waals surface area contributed by atoms with E-state index in [2.05, 4.69) is 10.3 Å². The first kappa shape index (κ1) is 20.4. The van der Waals surface area contributed by atoms with Crippen LogP contribution in [-0.2, 0) is 11.3 Å². The van der Waals surface area contributed by atoms with Gasteiger partial charge in [-0.25, -0.2) is 4.98 Å². The lowest BCUT2D eigenvalue weighted by molar-refractivity contribution is 0.0934. The topological polar surface area (TPSA) is 114 Å². The Kier molecular flexibility index (Phi) is 5.59. The van der Waals surface area contributed by atoms with Gasteiger partial charge in [0.25, 0.3) is 11.5 Å². The fraction of sp³-hybridized carbons (Fsp3) is 0.227. The Bertz CT molecular complexity index is 1390. The molecule has 0 unspecified atom stereocenters. The molecule has 4 rings (SSSR count). The van der Waals surface area contributed by atoms with Gasteiger partial charge in [0.2, 0.25) is 0 Å². The van der Waals surface area contributed by atoms with Gasteiger partial charge in [0.15, 0.2) is 0 Å². The average Bonchev–Trinajstić information content (AvgIpc) is 2.77. The molecule has 0 aliphatic heterocycles. The van der Waals surface area contributed by atoms with Crippen molar-refractivity contribution in [2.45, 2.75) is 13.5 Å². The molecule has 0 spiro atoms. The lowest BCUT2D eigenvalue weighted by Crippen LogP contribution is -2.36. The van der Waals surface area contributed by atoms with Crippen LogP contribution in [0.1, 0.15) is 21.5 Å². The fourth-order valence-electron chi connectivity index (χ4n) is 3.46. The number of aryl methyl sites for hydroxylation is 1. The molecule has 1 amide bonds. The SMILES string of the molecule is COCCNC(=O)c1cc2c(=O)n3cccc(C)c3nc2n(Cc2cccnc2)c1=N. The van der Waals surface area contributed by atoms with E-state index in [0.717, 1.165) is 11.1 Å². The van der Waals surface area contributed by atoms with Crippen molar-refractivity contribution in [3.8, 4) is 0 Å². The molecule has 0 aromatic carbocycles. The zero-order chi connectivity index (χ0) is 22.0. The quantitative estimate of drug-likeness (QED) is 0.361. The van der Waals surface area contributed by atoms with E-state index in [1.165, 1.54) is 10.5 Å². The molecule has 9 nitrogen and oxygen atoms in total. The Morgan fingerprint density at radius 2 is 2.10 bits per heavy atom. The van der Waals surface area contributed by atoms with E-state index in [-0.39, 0.29) is 28.5 Å². The van der Waals surface area contributed by atoms with Crippen molar-refractivity contribution in [3.63, 3.8) is 0 Å². The lowest BCUT2D eigenvalue weighted by atomic mass is 10.1. The van der Waals surface area contributed by atoms with Gasteiger partial charge < -0.3 is 14.6 Å². The van der Waals surface area contributed by atoms with Crippen LogP contribution in [0.15, 0.2) is 53.7 Å². The van der Waals surface area contributed by atoms with Crippen LogP contribution in [0.25, 0.3) is 16.7 Å². The number of nitrogens with one attached hydrogen (secondary N) is 2. The highest BCUT2D eigenvalue weighted by atomic mass is 16.5. The van der Waals surface area contributed by atoms with Gasteiger partial charge in [-0.05, 0) is 36.2 Å². The largest absolute Gasteiger partial charge is 0.383 e. The summed E-state index contributed by atoms with van der Waals surface area (Å²) in [5, 5.41) is 11.7. The lowest BCUT2D eigenvalue weighted by Gasteiger charge is -2.15. The molecule has 158 valence electrons. The number of carbonyl (C=O) groups is 1. The summed E-state index contributed by atoms with van der Waals surface area (Å²) in [6, 6.07) is 8.76. The molecule has 9 heteroatoms. The Labute approximate surface area is 177 Å². The summed E-state index contributed by atoms with van der Waals surface area (Å²) in [5.74, 6) is -0.447. The first-order chi connectivity index (χ1) is 15.0. The summed E-state index contributed by atoms with van der Waals surface area (Å²) in [6.45, 7) is 2.76. The van der Waals surface area contributed by atoms with Crippen LogP contribution in [0.4, 0.5) is 0 Å². The third-order valence-electron chi connectivity index (χ3n) is 5.03. The summed E-state index contributed by atoms with van der Waals surface area (Å²) in [7, 11) is 1.54. The Morgan fingerprint density at radius 3 is 2.84 bits per heavy atom. The smallest absolute Gasteiger partial charge is 0.267 e. The normalized spacial score (nSPS) is 11.2. The molecule has 0 atom stereocenters. The maximum atomic E-state index is 13.3. The van der Waals surface area contributed by atoms with E-state index in [9.17, 15) is 9.59 Å². The number of hydrogen-bond acceptors (Lipinski definition) is 6. The third-order valence-corrected chi connectivity index (χ3v) is 5.03. The molecule has 0 radical (unpaired) electrons. The van der Waals surface area contributed by atoms with E-state index < -0.39 is 5.91 Å². The van der Waals surface area contributed by atoms with Gasteiger partial charge in [-0.3, -0.25) is 24.4 Å². The van der Waals surface area contributed by atoms with Gasteiger partial charge in [0.1, 0.15) is 16.8 Å². The molecule has 4 heterocycles. The number of amides is 1. The number of rotatable bonds is 6. The number of nitrogens with zero attached hydrogens (tertiary/aromatic N) is 4. The minimum atomic E-state index is -0.447. The van der Waals surface area contributed by atoms with Crippen molar-refractivity contribution in [2.75, 3.05) is 20.3 Å². The number of aromatic nitrogens is 4. The minimum Gasteiger partial charge on any atom is -0.383 e. The number of hydrogen-bond donors (Lipinski definition) is 2. The molecule has 4 aromatic heterocycles. The van der Waals surface area contributed by atoms with Crippen LogP contribution in [0, 0.1) is 12.3 Å². The first-order valence-electron chi connectivity index (χ1n) is 9.77. The van der Waals surface area contributed by atoms with Crippen LogP contribution in [0.2, 0.25) is 0 Å². The fourth-order valence-corrected chi connectivity index (χ4v) is 3.46. The zero-order valence-electron chi connectivity index (χ0n) is 17.3. The molecule has 31 heavy (non-hydrogen) atoms. The molecular weight excluding hydrogens is 396 g/mol. The summed E-state index contributed by atoms with van der Waals surface area (Å²) in [4.78, 5) is 34.9. The number of pyridine rings is 3. The second kappa shape index (κ2) is 8.49. The van der Waals surface area contributed by atoms with E-state index in [1.807, 2.05) is 19.1 Å². The van der Waals surface area contributed by atoms with Crippen LogP contribution in [-0.4, -0.2) is 45.1 Å². The zero-order valence-corrected chi connectivity index (χ0v) is 17.3. The summed E-state index contributed by atoms with van der Waals surface area (Å²) < 4.78 is 8.01. The summed E-state index contributed by atoms with van der Waals surface area (Å²) >= 11 is 0. The van der Waals surface area contributed by atoms with Gasteiger partial charge in [0.05, 0.1) is 24.1 Å². The van der Waals surface area contributed by atoms with Crippen LogP contribution in [0.5, 0.6) is 0 Å². The predicted molar refractivity (Wildman–Crippen MR) is 115 cm³/mol. The van der Waals surface area contributed by atoms with Crippen molar-refractivity contribution < 1.29 is 9.53 Å². The molecule has 0 bridgehead atoms. The number of methoxy groups -OCH3 is 1. The molecule has 0 aliphatic rings. The van der Waals surface area contributed by atoms with Crippen molar-refractivity contribution in [3.05, 3.63) is 81.5 Å². The molecule has 0 aliphatic carbocycles. The van der Waals surface area contributed by atoms with Gasteiger partial charge >= 0.3 is 0 Å². The second-order valence-electron chi connectivity index (χ2n) is 7.14. The van der Waals surface area contributed by atoms with Gasteiger partial charge in [-0.15, -0.1) is 0 Å². The molecular formula is C22H22N6O3. The number of carbonyl (C=O) groups excluding carboxylic acids is 1. The Balaban J connectivity index is 2.00. The van der Waals surface area contributed by atoms with Crippen molar-refractivity contribution in [1.82, 2.24) is 24.3 Å².